The molecule has 1 heterocycles. The van der Waals surface area contributed by atoms with E-state index in [0.29, 0.717) is 5.92 Å². The molecule has 168 valence electrons. The first kappa shape index (κ1) is 23.9. The summed E-state index contributed by atoms with van der Waals surface area (Å²) in [7, 11) is 1.68. The summed E-state index contributed by atoms with van der Waals surface area (Å²) in [6.07, 6.45) is 2.52. The normalized spacial score (nSPS) is 14.8. The Balaban J connectivity index is 1.70. The average molecular weight is 459 g/mol. The van der Waals surface area contributed by atoms with E-state index in [1.165, 1.54) is 29.9 Å². The quantitative estimate of drug-likeness (QED) is 0.441. The van der Waals surface area contributed by atoms with Crippen LogP contribution in [0.1, 0.15) is 39.2 Å². The van der Waals surface area contributed by atoms with Gasteiger partial charge in [0.1, 0.15) is 5.75 Å². The molecule has 31 heavy (non-hydrogen) atoms. The summed E-state index contributed by atoms with van der Waals surface area (Å²) in [5.41, 5.74) is 2.67. The molecule has 1 fully saturated rings. The fraction of sp³-hybridized carbons (Fsp3) is 0.480. The number of amides is 1. The minimum atomic E-state index is -0.440. The lowest BCUT2D eigenvalue weighted by molar-refractivity contribution is -0.123. The van der Waals surface area contributed by atoms with Gasteiger partial charge >= 0.3 is 0 Å². The Labute approximate surface area is 195 Å². The van der Waals surface area contributed by atoms with Crippen LogP contribution < -0.4 is 15.4 Å². The highest BCUT2D eigenvalue weighted by atomic mass is 32.2. The highest BCUT2D eigenvalue weighted by molar-refractivity contribution is 7.99. The molecule has 2 N–H and O–H groups in total. The number of ether oxygens (including phenoxy) is 1. The lowest BCUT2D eigenvalue weighted by atomic mass is 9.95. The zero-order valence-corrected chi connectivity index (χ0v) is 20.6. The Morgan fingerprint density at radius 3 is 2.45 bits per heavy atom. The van der Waals surface area contributed by atoms with Crippen molar-refractivity contribution in [3.63, 3.8) is 0 Å². The fourth-order valence-corrected chi connectivity index (χ4v) is 5.37. The largest absolute Gasteiger partial charge is 0.497 e. The summed E-state index contributed by atoms with van der Waals surface area (Å²) >= 11 is 3.82. The first-order valence-electron chi connectivity index (χ1n) is 10.9. The van der Waals surface area contributed by atoms with Crippen LogP contribution in [0.25, 0.3) is 0 Å². The van der Waals surface area contributed by atoms with Gasteiger partial charge < -0.3 is 15.4 Å². The van der Waals surface area contributed by atoms with Crippen molar-refractivity contribution in [2.45, 2.75) is 44.3 Å². The van der Waals surface area contributed by atoms with E-state index in [1.807, 2.05) is 44.7 Å². The molecular weight excluding hydrogens is 424 g/mol. The second-order valence-corrected chi connectivity index (χ2v) is 11.3. The molecule has 0 aliphatic carbocycles. The molecule has 0 unspecified atom stereocenters. The number of hydrogen-bond donors (Lipinski definition) is 2. The van der Waals surface area contributed by atoms with Gasteiger partial charge in [-0.15, -0.1) is 11.8 Å². The molecule has 0 aromatic heterocycles. The Bertz CT molecular complexity index is 857. The van der Waals surface area contributed by atoms with Crippen LogP contribution >= 0.6 is 23.5 Å². The van der Waals surface area contributed by atoms with E-state index in [-0.39, 0.29) is 5.91 Å². The van der Waals surface area contributed by atoms with Gasteiger partial charge in [0.05, 0.1) is 18.5 Å². The van der Waals surface area contributed by atoms with Gasteiger partial charge in [0, 0.05) is 22.6 Å². The van der Waals surface area contributed by atoms with Gasteiger partial charge in [-0.05, 0) is 66.2 Å². The summed E-state index contributed by atoms with van der Waals surface area (Å²) in [5.74, 6) is 4.97. The summed E-state index contributed by atoms with van der Waals surface area (Å²) < 4.78 is 5.24. The number of benzene rings is 2. The van der Waals surface area contributed by atoms with Gasteiger partial charge in [0.25, 0.3) is 0 Å². The van der Waals surface area contributed by atoms with E-state index < -0.39 is 5.41 Å². The Hall–Kier alpha value is -1.79. The third-order valence-corrected chi connectivity index (χ3v) is 7.52. The molecule has 1 saturated heterocycles. The number of methoxy groups -OCH3 is 1. The van der Waals surface area contributed by atoms with Crippen LogP contribution in [0.2, 0.25) is 0 Å². The summed E-state index contributed by atoms with van der Waals surface area (Å²) in [6, 6.07) is 14.5. The number of hydrogen-bond acceptors (Lipinski definition) is 5. The average Bonchev–Trinajstić information content (AvgIpc) is 2.77. The SMILES string of the molecule is COc1ccc(CSc2ccc(NCC3CCSCC3)c(NC(=O)C(C)(C)C)c2)cc1. The zero-order chi connectivity index (χ0) is 22.3. The number of anilines is 2. The van der Waals surface area contributed by atoms with Crippen molar-refractivity contribution in [2.75, 3.05) is 35.8 Å². The first-order valence-corrected chi connectivity index (χ1v) is 13.0. The Kier molecular flexibility index (Phi) is 8.61. The molecule has 0 bridgehead atoms. The Morgan fingerprint density at radius 2 is 1.81 bits per heavy atom. The van der Waals surface area contributed by atoms with Crippen LogP contribution in [0.15, 0.2) is 47.4 Å². The lowest BCUT2D eigenvalue weighted by Crippen LogP contribution is -2.28. The summed E-state index contributed by atoms with van der Waals surface area (Å²) in [6.45, 7) is 6.78. The number of nitrogens with one attached hydrogen (secondary N) is 2. The molecule has 2 aromatic carbocycles. The molecule has 1 aliphatic rings. The van der Waals surface area contributed by atoms with E-state index in [1.54, 1.807) is 18.9 Å². The molecule has 0 atom stereocenters. The van der Waals surface area contributed by atoms with Crippen LogP contribution in [-0.4, -0.2) is 31.1 Å². The van der Waals surface area contributed by atoms with E-state index in [0.717, 1.165) is 34.3 Å². The van der Waals surface area contributed by atoms with Gasteiger partial charge in [0.15, 0.2) is 0 Å². The summed E-state index contributed by atoms with van der Waals surface area (Å²) in [4.78, 5) is 13.8. The van der Waals surface area contributed by atoms with Gasteiger partial charge in [-0.3, -0.25) is 4.79 Å². The molecule has 0 radical (unpaired) electrons. The van der Waals surface area contributed by atoms with E-state index in [9.17, 15) is 4.79 Å². The van der Waals surface area contributed by atoms with Gasteiger partial charge in [-0.25, -0.2) is 0 Å². The maximum absolute atomic E-state index is 12.7. The maximum Gasteiger partial charge on any atom is 0.229 e. The zero-order valence-electron chi connectivity index (χ0n) is 19.0. The van der Waals surface area contributed by atoms with Crippen molar-refractivity contribution in [2.24, 2.45) is 11.3 Å². The molecule has 3 rings (SSSR count). The molecule has 0 saturated carbocycles. The predicted octanol–water partition coefficient (Wildman–Crippen LogP) is 6.53. The molecule has 6 heteroatoms. The second-order valence-electron chi connectivity index (χ2n) is 8.98. The number of rotatable bonds is 8. The number of thioether (sulfide) groups is 2. The molecular formula is C25H34N2O2S2. The second kappa shape index (κ2) is 11.2. The van der Waals surface area contributed by atoms with Crippen molar-refractivity contribution in [3.8, 4) is 5.75 Å². The van der Waals surface area contributed by atoms with E-state index >= 15 is 0 Å². The standard InChI is InChI=1S/C25H34N2O2S2/c1-25(2,3)24(28)27-23-15-21(31-17-19-5-7-20(29-4)8-6-19)9-10-22(23)26-16-18-11-13-30-14-12-18/h5-10,15,18,26H,11-14,16-17H2,1-4H3,(H,27,28). The maximum atomic E-state index is 12.7. The van der Waals surface area contributed by atoms with Crippen molar-refractivity contribution >= 4 is 40.8 Å². The highest BCUT2D eigenvalue weighted by Crippen LogP contribution is 2.33. The monoisotopic (exact) mass is 458 g/mol. The Morgan fingerprint density at radius 1 is 1.10 bits per heavy atom. The van der Waals surface area contributed by atoms with Crippen molar-refractivity contribution in [1.82, 2.24) is 0 Å². The van der Waals surface area contributed by atoms with Crippen LogP contribution in [0.5, 0.6) is 5.75 Å². The lowest BCUT2D eigenvalue weighted by Gasteiger charge is -2.24. The van der Waals surface area contributed by atoms with Crippen molar-refractivity contribution in [1.29, 1.82) is 0 Å². The smallest absolute Gasteiger partial charge is 0.229 e. The molecule has 0 spiro atoms. The first-order chi connectivity index (χ1) is 14.8. The highest BCUT2D eigenvalue weighted by Gasteiger charge is 2.22. The molecule has 4 nitrogen and oxygen atoms in total. The van der Waals surface area contributed by atoms with Gasteiger partial charge in [-0.2, -0.15) is 11.8 Å². The van der Waals surface area contributed by atoms with Crippen molar-refractivity contribution < 1.29 is 9.53 Å². The van der Waals surface area contributed by atoms with Crippen LogP contribution in [0, 0.1) is 11.3 Å². The minimum absolute atomic E-state index is 0.0296. The molecule has 2 aromatic rings. The molecule has 1 amide bonds. The summed E-state index contributed by atoms with van der Waals surface area (Å²) in [5, 5.41) is 6.76. The minimum Gasteiger partial charge on any atom is -0.497 e. The van der Waals surface area contributed by atoms with Gasteiger partial charge in [0.2, 0.25) is 5.91 Å². The van der Waals surface area contributed by atoms with Crippen LogP contribution in [0.4, 0.5) is 11.4 Å². The molecule has 1 aliphatic heterocycles. The predicted molar refractivity (Wildman–Crippen MR) is 136 cm³/mol. The topological polar surface area (TPSA) is 50.4 Å². The number of carbonyl (C=O) groups excluding carboxylic acids is 1. The van der Waals surface area contributed by atoms with Crippen molar-refractivity contribution in [3.05, 3.63) is 48.0 Å². The van der Waals surface area contributed by atoms with Crippen LogP contribution in [-0.2, 0) is 10.5 Å². The van der Waals surface area contributed by atoms with E-state index in [4.69, 9.17) is 4.74 Å². The van der Waals surface area contributed by atoms with Crippen LogP contribution in [0.3, 0.4) is 0 Å². The third-order valence-electron chi connectivity index (χ3n) is 5.41. The van der Waals surface area contributed by atoms with E-state index in [2.05, 4.69) is 41.0 Å². The number of carbonyl (C=O) groups is 1. The fourth-order valence-electron chi connectivity index (χ4n) is 3.27. The van der Waals surface area contributed by atoms with Gasteiger partial charge in [-0.1, -0.05) is 32.9 Å². The third kappa shape index (κ3) is 7.39.